The van der Waals surface area contributed by atoms with Gasteiger partial charge in [-0.25, -0.2) is 0 Å². The fraction of sp³-hybridized carbons (Fsp3) is 0.400. The van der Waals surface area contributed by atoms with Gasteiger partial charge in [-0.3, -0.25) is 0 Å². The molecule has 6 heteroatoms. The Kier molecular flexibility index (Phi) is 3.69. The molecule has 26 heavy (non-hydrogen) atoms. The molecule has 2 aromatic rings. The molecule has 1 N–H and O–H groups in total. The highest BCUT2D eigenvalue weighted by molar-refractivity contribution is 5.46. The van der Waals surface area contributed by atoms with Crippen molar-refractivity contribution >= 4 is 0 Å². The minimum atomic E-state index is -0.0872. The van der Waals surface area contributed by atoms with Crippen molar-refractivity contribution in [1.29, 1.82) is 0 Å². The largest absolute Gasteiger partial charge is 0.504 e. The van der Waals surface area contributed by atoms with Crippen LogP contribution in [0.4, 0.5) is 0 Å². The molecule has 3 heterocycles. The van der Waals surface area contributed by atoms with Gasteiger partial charge in [0.1, 0.15) is 0 Å². The molecule has 4 atom stereocenters. The summed E-state index contributed by atoms with van der Waals surface area (Å²) in [4.78, 5) is 0. The maximum Gasteiger partial charge on any atom is 0.231 e. The van der Waals surface area contributed by atoms with Crippen LogP contribution in [0, 0.1) is 11.8 Å². The number of benzene rings is 2. The fourth-order valence-electron chi connectivity index (χ4n) is 4.21. The third kappa shape index (κ3) is 2.40. The van der Waals surface area contributed by atoms with Crippen molar-refractivity contribution in [3.63, 3.8) is 0 Å². The molecular weight excluding hydrogens is 336 g/mol. The topological polar surface area (TPSA) is 66.4 Å². The number of hydrogen-bond acceptors (Lipinski definition) is 6. The Morgan fingerprint density at radius 2 is 1.54 bits per heavy atom. The average Bonchev–Trinajstić information content (AvgIpc) is 3.36. The van der Waals surface area contributed by atoms with Crippen molar-refractivity contribution in [1.82, 2.24) is 0 Å². The van der Waals surface area contributed by atoms with Crippen LogP contribution in [0.25, 0.3) is 0 Å². The van der Waals surface area contributed by atoms with Crippen LogP contribution in [-0.4, -0.2) is 32.2 Å². The third-order valence-electron chi connectivity index (χ3n) is 5.52. The molecule has 0 bridgehead atoms. The van der Waals surface area contributed by atoms with Crippen molar-refractivity contribution in [2.45, 2.75) is 12.2 Å². The first-order valence-electron chi connectivity index (χ1n) is 8.74. The van der Waals surface area contributed by atoms with Gasteiger partial charge in [-0.15, -0.1) is 0 Å². The number of methoxy groups -OCH3 is 1. The highest BCUT2D eigenvalue weighted by Crippen LogP contribution is 2.51. The number of fused-ring (bicyclic) bond motifs is 2. The van der Waals surface area contributed by atoms with Gasteiger partial charge in [-0.1, -0.05) is 12.1 Å². The standard InChI is InChI=1S/C20H20O6/c1-22-16-4-2-11(6-15(16)21)19-13-8-24-20(14(13)9-23-19)12-3-5-17-18(7-12)26-10-25-17/h2-7,13-14,19-21H,8-10H2,1H3. The summed E-state index contributed by atoms with van der Waals surface area (Å²) >= 11 is 0. The van der Waals surface area contributed by atoms with Gasteiger partial charge < -0.3 is 28.8 Å². The Morgan fingerprint density at radius 1 is 0.885 bits per heavy atom. The number of hydrogen-bond donors (Lipinski definition) is 1. The van der Waals surface area contributed by atoms with E-state index >= 15 is 0 Å². The van der Waals surface area contributed by atoms with Crippen LogP contribution in [0.5, 0.6) is 23.0 Å². The molecule has 2 saturated heterocycles. The lowest BCUT2D eigenvalue weighted by molar-refractivity contribution is 0.0191. The lowest BCUT2D eigenvalue weighted by atomic mass is 9.85. The highest BCUT2D eigenvalue weighted by Gasteiger charge is 2.48. The molecule has 4 unspecified atom stereocenters. The summed E-state index contributed by atoms with van der Waals surface area (Å²) in [7, 11) is 1.54. The molecule has 3 aliphatic rings. The van der Waals surface area contributed by atoms with Gasteiger partial charge in [0.05, 0.1) is 32.5 Å². The maximum absolute atomic E-state index is 10.1. The van der Waals surface area contributed by atoms with Gasteiger partial charge >= 0.3 is 0 Å². The van der Waals surface area contributed by atoms with Gasteiger partial charge in [0, 0.05) is 11.8 Å². The Labute approximate surface area is 151 Å². The SMILES string of the molecule is COc1ccc(C2OCC3C(c4ccc5c(c4)OCO5)OCC23)cc1O. The van der Waals surface area contributed by atoms with Crippen molar-refractivity contribution in [3.05, 3.63) is 47.5 Å². The van der Waals surface area contributed by atoms with E-state index in [4.69, 9.17) is 23.7 Å². The number of phenols is 1. The van der Waals surface area contributed by atoms with Crippen LogP contribution in [0.1, 0.15) is 23.3 Å². The minimum absolute atomic E-state index is 0.0219. The molecule has 0 radical (unpaired) electrons. The van der Waals surface area contributed by atoms with E-state index in [2.05, 4.69) is 0 Å². The zero-order valence-electron chi connectivity index (χ0n) is 14.4. The number of rotatable bonds is 3. The summed E-state index contributed by atoms with van der Waals surface area (Å²) < 4.78 is 28.2. The second-order valence-corrected chi connectivity index (χ2v) is 6.88. The van der Waals surface area contributed by atoms with Crippen molar-refractivity contribution < 1.29 is 28.8 Å². The average molecular weight is 356 g/mol. The van der Waals surface area contributed by atoms with Crippen LogP contribution in [0.2, 0.25) is 0 Å². The Morgan fingerprint density at radius 3 is 2.23 bits per heavy atom. The van der Waals surface area contributed by atoms with Crippen LogP contribution in [0.3, 0.4) is 0 Å². The molecule has 5 rings (SSSR count). The summed E-state index contributed by atoms with van der Waals surface area (Å²) in [6, 6.07) is 11.4. The van der Waals surface area contributed by atoms with Gasteiger partial charge in [0.15, 0.2) is 23.0 Å². The lowest BCUT2D eigenvalue weighted by Crippen LogP contribution is -2.14. The Hall–Kier alpha value is -2.44. The van der Waals surface area contributed by atoms with Crippen LogP contribution in [0.15, 0.2) is 36.4 Å². The van der Waals surface area contributed by atoms with E-state index < -0.39 is 0 Å². The summed E-state index contributed by atoms with van der Waals surface area (Å²) in [5.74, 6) is 2.65. The van der Waals surface area contributed by atoms with E-state index in [-0.39, 0.29) is 36.6 Å². The first-order chi connectivity index (χ1) is 12.7. The zero-order chi connectivity index (χ0) is 17.7. The zero-order valence-corrected chi connectivity index (χ0v) is 14.4. The molecular formula is C20H20O6. The summed E-state index contributed by atoms with van der Waals surface area (Å²) in [6.07, 6.45) is -0.109. The third-order valence-corrected chi connectivity index (χ3v) is 5.52. The molecule has 3 aliphatic heterocycles. The number of phenolic OH excluding ortho intramolecular Hbond substituents is 1. The molecule has 0 amide bonds. The van der Waals surface area contributed by atoms with E-state index in [0.29, 0.717) is 19.0 Å². The van der Waals surface area contributed by atoms with E-state index in [1.807, 2.05) is 24.3 Å². The predicted molar refractivity (Wildman–Crippen MR) is 91.6 cm³/mol. The van der Waals surface area contributed by atoms with E-state index in [0.717, 1.165) is 22.6 Å². The molecule has 0 aliphatic carbocycles. The number of aromatic hydroxyl groups is 1. The second kappa shape index (κ2) is 6.07. The minimum Gasteiger partial charge on any atom is -0.504 e. The first kappa shape index (κ1) is 15.8. The lowest BCUT2D eigenvalue weighted by Gasteiger charge is -2.17. The summed E-state index contributed by atoms with van der Waals surface area (Å²) in [5, 5.41) is 10.1. The van der Waals surface area contributed by atoms with Crippen LogP contribution in [-0.2, 0) is 9.47 Å². The van der Waals surface area contributed by atoms with Crippen molar-refractivity contribution in [3.8, 4) is 23.0 Å². The van der Waals surface area contributed by atoms with Gasteiger partial charge in [-0.05, 0) is 35.4 Å². The molecule has 0 aromatic heterocycles. The van der Waals surface area contributed by atoms with Crippen molar-refractivity contribution in [2.75, 3.05) is 27.1 Å². The number of ether oxygens (including phenoxy) is 5. The monoisotopic (exact) mass is 356 g/mol. The molecule has 0 spiro atoms. The molecule has 136 valence electrons. The fourth-order valence-corrected chi connectivity index (χ4v) is 4.21. The van der Waals surface area contributed by atoms with E-state index in [1.54, 1.807) is 12.1 Å². The quantitative estimate of drug-likeness (QED) is 0.911. The molecule has 0 saturated carbocycles. The smallest absolute Gasteiger partial charge is 0.231 e. The molecule has 2 aromatic carbocycles. The normalized spacial score (nSPS) is 29.0. The maximum atomic E-state index is 10.1. The second-order valence-electron chi connectivity index (χ2n) is 6.88. The molecule has 2 fully saturated rings. The van der Waals surface area contributed by atoms with Gasteiger partial charge in [0.25, 0.3) is 0 Å². The summed E-state index contributed by atoms with van der Waals surface area (Å²) in [5.41, 5.74) is 2.04. The summed E-state index contributed by atoms with van der Waals surface area (Å²) in [6.45, 7) is 1.52. The van der Waals surface area contributed by atoms with Crippen LogP contribution < -0.4 is 14.2 Å². The van der Waals surface area contributed by atoms with E-state index in [1.165, 1.54) is 7.11 Å². The highest BCUT2D eigenvalue weighted by atomic mass is 16.7. The first-order valence-corrected chi connectivity index (χ1v) is 8.74. The Balaban J connectivity index is 1.39. The van der Waals surface area contributed by atoms with Crippen LogP contribution >= 0.6 is 0 Å². The molecule has 6 nitrogen and oxygen atoms in total. The van der Waals surface area contributed by atoms with Gasteiger partial charge in [-0.2, -0.15) is 0 Å². The predicted octanol–water partition coefficient (Wildman–Crippen LogP) is 3.20. The van der Waals surface area contributed by atoms with E-state index in [9.17, 15) is 5.11 Å². The van der Waals surface area contributed by atoms with Crippen molar-refractivity contribution in [2.24, 2.45) is 11.8 Å². The van der Waals surface area contributed by atoms with Gasteiger partial charge in [0.2, 0.25) is 6.79 Å². The Bertz CT molecular complexity index is 835.